The minimum atomic E-state index is 0.487. The number of thiophene rings is 1. The smallest absolute Gasteiger partial charge is 0.0599 e. The molecule has 0 bridgehead atoms. The molecule has 114 valence electrons. The SMILES string of the molecule is CC(C)N(CCCOC1CCNCC1)Cc1cccs1. The van der Waals surface area contributed by atoms with Gasteiger partial charge >= 0.3 is 0 Å². The quantitative estimate of drug-likeness (QED) is 0.746. The molecule has 0 aliphatic carbocycles. The monoisotopic (exact) mass is 296 g/mol. The van der Waals surface area contributed by atoms with Crippen LogP contribution in [0.2, 0.25) is 0 Å². The van der Waals surface area contributed by atoms with Gasteiger partial charge in [-0.3, -0.25) is 4.90 Å². The Kier molecular flexibility index (Phi) is 7.00. The summed E-state index contributed by atoms with van der Waals surface area (Å²) in [6, 6.07) is 4.96. The van der Waals surface area contributed by atoms with Crippen molar-refractivity contribution in [1.29, 1.82) is 0 Å². The molecule has 1 aliphatic rings. The maximum atomic E-state index is 5.98. The number of nitrogens with zero attached hydrogens (tertiary/aromatic N) is 1. The van der Waals surface area contributed by atoms with E-state index in [2.05, 4.69) is 41.6 Å². The Morgan fingerprint density at radius 1 is 1.40 bits per heavy atom. The van der Waals surface area contributed by atoms with Crippen LogP contribution in [0, 0.1) is 0 Å². The van der Waals surface area contributed by atoms with E-state index in [9.17, 15) is 0 Å². The third-order valence-electron chi connectivity index (χ3n) is 3.90. The van der Waals surface area contributed by atoms with Crippen molar-refractivity contribution in [3.05, 3.63) is 22.4 Å². The lowest BCUT2D eigenvalue weighted by Gasteiger charge is -2.27. The van der Waals surface area contributed by atoms with Crippen molar-refractivity contribution < 1.29 is 4.74 Å². The molecule has 1 saturated heterocycles. The fraction of sp³-hybridized carbons (Fsp3) is 0.750. The maximum absolute atomic E-state index is 5.98. The van der Waals surface area contributed by atoms with E-state index in [0.29, 0.717) is 12.1 Å². The Bertz CT molecular complexity index is 347. The molecular weight excluding hydrogens is 268 g/mol. The zero-order valence-electron chi connectivity index (χ0n) is 12.8. The Morgan fingerprint density at radius 3 is 2.85 bits per heavy atom. The van der Waals surface area contributed by atoms with Crippen LogP contribution in [0.15, 0.2) is 17.5 Å². The topological polar surface area (TPSA) is 24.5 Å². The largest absolute Gasteiger partial charge is 0.378 e. The second-order valence-electron chi connectivity index (χ2n) is 5.82. The van der Waals surface area contributed by atoms with Gasteiger partial charge in [0, 0.05) is 30.6 Å². The second-order valence-corrected chi connectivity index (χ2v) is 6.85. The van der Waals surface area contributed by atoms with Gasteiger partial charge in [0.25, 0.3) is 0 Å². The van der Waals surface area contributed by atoms with Gasteiger partial charge in [-0.15, -0.1) is 11.3 Å². The van der Waals surface area contributed by atoms with Gasteiger partial charge < -0.3 is 10.1 Å². The predicted octanol–water partition coefficient (Wildman–Crippen LogP) is 3.12. The highest BCUT2D eigenvalue weighted by Gasteiger charge is 2.14. The molecule has 1 fully saturated rings. The van der Waals surface area contributed by atoms with E-state index >= 15 is 0 Å². The van der Waals surface area contributed by atoms with E-state index < -0.39 is 0 Å². The van der Waals surface area contributed by atoms with Crippen molar-refractivity contribution >= 4 is 11.3 Å². The molecule has 1 aromatic rings. The molecule has 1 aromatic heterocycles. The average molecular weight is 296 g/mol. The molecule has 0 aromatic carbocycles. The summed E-state index contributed by atoms with van der Waals surface area (Å²) in [5.41, 5.74) is 0. The summed E-state index contributed by atoms with van der Waals surface area (Å²) in [6.07, 6.45) is 3.96. The number of nitrogens with one attached hydrogen (secondary N) is 1. The van der Waals surface area contributed by atoms with Gasteiger partial charge in [0.1, 0.15) is 0 Å². The summed E-state index contributed by atoms with van der Waals surface area (Å²) < 4.78 is 5.98. The molecule has 0 unspecified atom stereocenters. The first-order valence-corrected chi connectivity index (χ1v) is 8.72. The summed E-state index contributed by atoms with van der Waals surface area (Å²) in [5.74, 6) is 0. The number of rotatable bonds is 8. The highest BCUT2D eigenvalue weighted by molar-refractivity contribution is 7.09. The molecular formula is C16H28N2OS. The Labute approximate surface area is 127 Å². The summed E-state index contributed by atoms with van der Waals surface area (Å²) in [5, 5.41) is 5.54. The fourth-order valence-electron chi connectivity index (χ4n) is 2.60. The van der Waals surface area contributed by atoms with Crippen molar-refractivity contribution in [2.24, 2.45) is 0 Å². The van der Waals surface area contributed by atoms with E-state index in [4.69, 9.17) is 4.74 Å². The lowest BCUT2D eigenvalue weighted by atomic mass is 10.1. The van der Waals surface area contributed by atoms with Crippen LogP contribution in [0.5, 0.6) is 0 Å². The normalized spacial score (nSPS) is 17.2. The highest BCUT2D eigenvalue weighted by atomic mass is 32.1. The van der Waals surface area contributed by atoms with Crippen molar-refractivity contribution in [3.63, 3.8) is 0 Å². The summed E-state index contributed by atoms with van der Waals surface area (Å²) in [4.78, 5) is 4.00. The first kappa shape index (κ1) is 16.0. The second kappa shape index (κ2) is 8.78. The van der Waals surface area contributed by atoms with Crippen LogP contribution in [0.1, 0.15) is 38.0 Å². The van der Waals surface area contributed by atoms with Gasteiger partial charge in [-0.05, 0) is 57.6 Å². The molecule has 2 heterocycles. The van der Waals surface area contributed by atoms with Gasteiger partial charge in [-0.2, -0.15) is 0 Å². The molecule has 1 N–H and O–H groups in total. The molecule has 3 nitrogen and oxygen atoms in total. The van der Waals surface area contributed by atoms with Crippen LogP contribution in [0.25, 0.3) is 0 Å². The van der Waals surface area contributed by atoms with E-state index in [1.807, 2.05) is 11.3 Å². The molecule has 2 rings (SSSR count). The molecule has 0 radical (unpaired) electrons. The van der Waals surface area contributed by atoms with Crippen molar-refractivity contribution in [1.82, 2.24) is 10.2 Å². The van der Waals surface area contributed by atoms with Crippen LogP contribution in [-0.4, -0.2) is 43.3 Å². The molecule has 0 atom stereocenters. The minimum Gasteiger partial charge on any atom is -0.378 e. The number of ether oxygens (including phenoxy) is 1. The lowest BCUT2D eigenvalue weighted by molar-refractivity contribution is 0.0261. The minimum absolute atomic E-state index is 0.487. The maximum Gasteiger partial charge on any atom is 0.0599 e. The number of hydrogen-bond donors (Lipinski definition) is 1. The predicted molar refractivity (Wildman–Crippen MR) is 86.3 cm³/mol. The Balaban J connectivity index is 1.64. The third kappa shape index (κ3) is 5.52. The Morgan fingerprint density at radius 2 is 2.20 bits per heavy atom. The summed E-state index contributed by atoms with van der Waals surface area (Å²) in [6.45, 7) is 9.88. The van der Waals surface area contributed by atoms with Gasteiger partial charge in [0.2, 0.25) is 0 Å². The van der Waals surface area contributed by atoms with Crippen LogP contribution in [0.4, 0.5) is 0 Å². The average Bonchev–Trinajstić information content (AvgIpc) is 2.96. The zero-order chi connectivity index (χ0) is 14.2. The number of hydrogen-bond acceptors (Lipinski definition) is 4. The van der Waals surface area contributed by atoms with Gasteiger partial charge in [-0.1, -0.05) is 6.07 Å². The molecule has 0 saturated carbocycles. The van der Waals surface area contributed by atoms with E-state index in [-0.39, 0.29) is 0 Å². The van der Waals surface area contributed by atoms with Crippen LogP contribution in [0.3, 0.4) is 0 Å². The van der Waals surface area contributed by atoms with Gasteiger partial charge in [0.05, 0.1) is 6.10 Å². The molecule has 20 heavy (non-hydrogen) atoms. The van der Waals surface area contributed by atoms with Crippen LogP contribution < -0.4 is 5.32 Å². The van der Waals surface area contributed by atoms with E-state index in [0.717, 1.165) is 39.2 Å². The molecule has 1 aliphatic heterocycles. The molecule has 0 spiro atoms. The Hall–Kier alpha value is -0.420. The first-order valence-electron chi connectivity index (χ1n) is 7.84. The first-order chi connectivity index (χ1) is 9.75. The van der Waals surface area contributed by atoms with E-state index in [1.165, 1.54) is 17.7 Å². The third-order valence-corrected chi connectivity index (χ3v) is 4.76. The molecule has 0 amide bonds. The van der Waals surface area contributed by atoms with Gasteiger partial charge in [0.15, 0.2) is 0 Å². The lowest BCUT2D eigenvalue weighted by Crippen LogP contribution is -2.34. The highest BCUT2D eigenvalue weighted by Crippen LogP contribution is 2.14. The standard InChI is InChI=1S/C16H28N2OS/c1-14(2)18(13-16-5-3-12-20-16)10-4-11-19-15-6-8-17-9-7-15/h3,5,12,14-15,17H,4,6-11,13H2,1-2H3. The van der Waals surface area contributed by atoms with Crippen LogP contribution in [-0.2, 0) is 11.3 Å². The zero-order valence-corrected chi connectivity index (χ0v) is 13.6. The van der Waals surface area contributed by atoms with Crippen molar-refractivity contribution in [2.75, 3.05) is 26.2 Å². The summed E-state index contributed by atoms with van der Waals surface area (Å²) in [7, 11) is 0. The number of piperidine rings is 1. The van der Waals surface area contributed by atoms with Gasteiger partial charge in [-0.25, -0.2) is 0 Å². The molecule has 4 heteroatoms. The van der Waals surface area contributed by atoms with Crippen molar-refractivity contribution in [2.45, 2.75) is 51.8 Å². The fourth-order valence-corrected chi connectivity index (χ4v) is 3.33. The van der Waals surface area contributed by atoms with E-state index in [1.54, 1.807) is 0 Å². The van der Waals surface area contributed by atoms with Crippen molar-refractivity contribution in [3.8, 4) is 0 Å². The van der Waals surface area contributed by atoms with Crippen LogP contribution >= 0.6 is 11.3 Å². The summed E-state index contributed by atoms with van der Waals surface area (Å²) >= 11 is 1.85.